The van der Waals surface area contributed by atoms with Crippen LogP contribution in [0, 0.1) is 0 Å². The molecule has 2 rings (SSSR count). The Balaban J connectivity index is 0.00000242. The Kier molecular flexibility index (Phi) is 8.46. The summed E-state index contributed by atoms with van der Waals surface area (Å²) in [5, 5.41) is 1.76. The van der Waals surface area contributed by atoms with E-state index in [0.29, 0.717) is 23.3 Å². The quantitative estimate of drug-likeness (QED) is 0.395. The van der Waals surface area contributed by atoms with Gasteiger partial charge in [-0.05, 0) is 11.4 Å². The Morgan fingerprint density at radius 3 is 2.73 bits per heavy atom. The minimum atomic E-state index is -3.39. The monoisotopic (exact) mass is 476 g/mol. The molecule has 1 aliphatic rings. The number of likely N-dealkylation sites (N-methyl/N-ethyl adjacent to an activating group) is 1. The van der Waals surface area contributed by atoms with Crippen molar-refractivity contribution >= 4 is 63.1 Å². The highest BCUT2D eigenvalue weighted by Gasteiger charge is 2.21. The maximum atomic E-state index is 12.2. The average Bonchev–Trinajstić information content (AvgIpc) is 3.02. The van der Waals surface area contributed by atoms with Crippen LogP contribution in [0.5, 0.6) is 0 Å². The Labute approximate surface area is 157 Å². The van der Waals surface area contributed by atoms with Gasteiger partial charge in [-0.3, -0.25) is 4.99 Å². The minimum Gasteiger partial charge on any atom is -0.370 e. The Bertz CT molecular complexity index is 571. The van der Waals surface area contributed by atoms with Crippen LogP contribution < -0.4 is 5.73 Å². The molecule has 2 N–H and O–H groups in total. The van der Waals surface area contributed by atoms with Gasteiger partial charge in [0.05, 0.1) is 6.54 Å². The fourth-order valence-corrected chi connectivity index (χ4v) is 5.15. The van der Waals surface area contributed by atoms with Crippen LogP contribution in [-0.2, 0) is 10.0 Å². The molecule has 10 heteroatoms. The van der Waals surface area contributed by atoms with Crippen LogP contribution >= 0.6 is 47.1 Å². The summed E-state index contributed by atoms with van der Waals surface area (Å²) in [6.07, 6.45) is 0. The molecule has 22 heavy (non-hydrogen) atoms. The molecule has 6 nitrogen and oxygen atoms in total. The number of nitrogens with two attached hydrogens (primary N) is 1. The lowest BCUT2D eigenvalue weighted by atomic mass is 10.5. The van der Waals surface area contributed by atoms with E-state index >= 15 is 0 Å². The summed E-state index contributed by atoms with van der Waals surface area (Å²) in [5.74, 6) is 2.63. The lowest BCUT2D eigenvalue weighted by Gasteiger charge is -2.27. The second-order valence-electron chi connectivity index (χ2n) is 4.60. The summed E-state index contributed by atoms with van der Waals surface area (Å²) in [5.41, 5.74) is 5.94. The summed E-state index contributed by atoms with van der Waals surface area (Å²) in [4.78, 5) is 6.34. The third-order valence-corrected chi connectivity index (χ3v) is 7.36. The zero-order valence-corrected chi connectivity index (χ0v) is 17.1. The Hall–Kier alpha value is -0.0400. The molecule has 1 aromatic heterocycles. The number of thiophene rings is 1. The Morgan fingerprint density at radius 2 is 2.14 bits per heavy atom. The third kappa shape index (κ3) is 5.25. The first-order valence-corrected chi connectivity index (χ1v) is 10.1. The number of nitrogens with zero attached hydrogens (tertiary/aromatic N) is 3. The summed E-state index contributed by atoms with van der Waals surface area (Å²) >= 11 is 3.13. The second-order valence-corrected chi connectivity index (χ2v) is 9.04. The molecule has 126 valence electrons. The largest absolute Gasteiger partial charge is 0.370 e. The van der Waals surface area contributed by atoms with Gasteiger partial charge < -0.3 is 10.6 Å². The molecule has 0 aromatic carbocycles. The predicted octanol–water partition coefficient (Wildman–Crippen LogP) is 1.35. The van der Waals surface area contributed by atoms with E-state index < -0.39 is 10.0 Å². The second kappa shape index (κ2) is 9.30. The standard InChI is InChI=1S/C12H20N4O2S3.HI/c1-15(21(17,18)11-3-2-8-20-11)5-4-14-12(13)16-6-9-19-10-7-16;/h2-3,8H,4-7,9-10H2,1H3,(H2,13,14);1H. The predicted molar refractivity (Wildman–Crippen MR) is 105 cm³/mol. The maximum absolute atomic E-state index is 12.2. The van der Waals surface area contributed by atoms with Crippen molar-refractivity contribution in [2.75, 3.05) is 44.7 Å². The topological polar surface area (TPSA) is 79.0 Å². The molecule has 0 aliphatic carbocycles. The Morgan fingerprint density at radius 1 is 1.45 bits per heavy atom. The molecular formula is C12H21IN4O2S3. The molecule has 0 radical (unpaired) electrons. The number of halogens is 1. The first kappa shape index (κ1) is 20.0. The van der Waals surface area contributed by atoms with Crippen LogP contribution in [0.25, 0.3) is 0 Å². The smallest absolute Gasteiger partial charge is 0.252 e. The van der Waals surface area contributed by atoms with Gasteiger partial charge in [0.25, 0.3) is 10.0 Å². The number of rotatable bonds is 5. The molecule has 2 heterocycles. The van der Waals surface area contributed by atoms with E-state index in [4.69, 9.17) is 5.73 Å². The normalized spacial score (nSPS) is 16.6. The molecule has 1 fully saturated rings. The number of thioether (sulfide) groups is 1. The number of sulfonamides is 1. The number of hydrogen-bond donors (Lipinski definition) is 1. The molecule has 1 aromatic rings. The zero-order valence-electron chi connectivity index (χ0n) is 12.3. The van der Waals surface area contributed by atoms with E-state index in [0.717, 1.165) is 24.6 Å². The van der Waals surface area contributed by atoms with Crippen LogP contribution in [-0.4, -0.2) is 68.3 Å². The van der Waals surface area contributed by atoms with E-state index in [1.165, 1.54) is 15.6 Å². The first-order valence-electron chi connectivity index (χ1n) is 6.64. The summed E-state index contributed by atoms with van der Waals surface area (Å²) < 4.78 is 26.1. The highest BCUT2D eigenvalue weighted by atomic mass is 127. The highest BCUT2D eigenvalue weighted by molar-refractivity contribution is 14.0. The first-order chi connectivity index (χ1) is 10.0. The lowest BCUT2D eigenvalue weighted by molar-refractivity contribution is 0.450. The van der Waals surface area contributed by atoms with Gasteiger partial charge in [-0.25, -0.2) is 8.42 Å². The maximum Gasteiger partial charge on any atom is 0.252 e. The van der Waals surface area contributed by atoms with Gasteiger partial charge >= 0.3 is 0 Å². The fraction of sp³-hybridized carbons (Fsp3) is 0.583. The van der Waals surface area contributed by atoms with Gasteiger partial charge in [0.15, 0.2) is 5.96 Å². The molecule has 0 spiro atoms. The van der Waals surface area contributed by atoms with Crippen molar-refractivity contribution in [3.05, 3.63) is 17.5 Å². The molecular weight excluding hydrogens is 455 g/mol. The van der Waals surface area contributed by atoms with Gasteiger partial charge in [-0.2, -0.15) is 16.1 Å². The molecule has 0 amide bonds. The van der Waals surface area contributed by atoms with E-state index in [9.17, 15) is 8.42 Å². The lowest BCUT2D eigenvalue weighted by Crippen LogP contribution is -2.43. The summed E-state index contributed by atoms with van der Waals surface area (Å²) in [6, 6.07) is 3.34. The third-order valence-electron chi connectivity index (χ3n) is 3.18. The van der Waals surface area contributed by atoms with Gasteiger partial charge in [0, 0.05) is 38.2 Å². The van der Waals surface area contributed by atoms with Gasteiger partial charge in [0.2, 0.25) is 0 Å². The van der Waals surface area contributed by atoms with Crippen LogP contribution in [0.1, 0.15) is 0 Å². The van der Waals surface area contributed by atoms with Crippen molar-refractivity contribution in [1.82, 2.24) is 9.21 Å². The zero-order chi connectivity index (χ0) is 15.3. The fourth-order valence-electron chi connectivity index (χ4n) is 1.88. The van der Waals surface area contributed by atoms with Gasteiger partial charge in [0.1, 0.15) is 4.21 Å². The van der Waals surface area contributed by atoms with Crippen molar-refractivity contribution in [3.8, 4) is 0 Å². The molecule has 1 saturated heterocycles. The van der Waals surface area contributed by atoms with E-state index in [2.05, 4.69) is 4.99 Å². The van der Waals surface area contributed by atoms with Crippen molar-refractivity contribution in [2.45, 2.75) is 4.21 Å². The summed E-state index contributed by atoms with van der Waals surface area (Å²) in [6.45, 7) is 2.51. The van der Waals surface area contributed by atoms with Crippen molar-refractivity contribution in [2.24, 2.45) is 10.7 Å². The van der Waals surface area contributed by atoms with E-state index in [1.807, 2.05) is 16.7 Å². The van der Waals surface area contributed by atoms with E-state index in [-0.39, 0.29) is 24.0 Å². The van der Waals surface area contributed by atoms with Crippen molar-refractivity contribution < 1.29 is 8.42 Å². The van der Waals surface area contributed by atoms with Crippen LogP contribution in [0.2, 0.25) is 0 Å². The SMILES string of the molecule is CN(CCN=C(N)N1CCSCC1)S(=O)(=O)c1cccs1.I. The van der Waals surface area contributed by atoms with Crippen molar-refractivity contribution in [1.29, 1.82) is 0 Å². The molecule has 0 saturated carbocycles. The number of guanidine groups is 1. The average molecular weight is 476 g/mol. The van der Waals surface area contributed by atoms with E-state index in [1.54, 1.807) is 24.6 Å². The van der Waals surface area contributed by atoms with Gasteiger partial charge in [-0.1, -0.05) is 6.07 Å². The highest BCUT2D eigenvalue weighted by Crippen LogP contribution is 2.19. The molecule has 0 bridgehead atoms. The van der Waals surface area contributed by atoms with Gasteiger partial charge in [-0.15, -0.1) is 35.3 Å². The van der Waals surface area contributed by atoms with Crippen LogP contribution in [0.4, 0.5) is 0 Å². The summed E-state index contributed by atoms with van der Waals surface area (Å²) in [7, 11) is -1.83. The minimum absolute atomic E-state index is 0. The molecule has 1 aliphatic heterocycles. The van der Waals surface area contributed by atoms with Crippen LogP contribution in [0.3, 0.4) is 0 Å². The molecule has 0 unspecified atom stereocenters. The van der Waals surface area contributed by atoms with Crippen LogP contribution in [0.15, 0.2) is 26.7 Å². The number of hydrogen-bond acceptors (Lipinski definition) is 5. The molecule has 0 atom stereocenters. The number of aliphatic imine (C=N–C) groups is 1. The van der Waals surface area contributed by atoms with Crippen molar-refractivity contribution in [3.63, 3.8) is 0 Å².